The number of rotatable bonds is 2. The van der Waals surface area contributed by atoms with E-state index in [1.165, 1.54) is 0 Å². The first-order valence-electron chi connectivity index (χ1n) is 4.23. The summed E-state index contributed by atoms with van der Waals surface area (Å²) in [6.07, 6.45) is 1.15. The Morgan fingerprint density at radius 3 is 3.08 bits per heavy atom. The van der Waals surface area contributed by atoms with Gasteiger partial charge < -0.3 is 9.64 Å². The van der Waals surface area contributed by atoms with Crippen LogP contribution in [0.3, 0.4) is 0 Å². The SMILES string of the molecule is CC[C@H]1CN(C(=O)CCl)CCO1. The number of morpholine rings is 1. The Kier molecular flexibility index (Phi) is 3.82. The first kappa shape index (κ1) is 9.81. The summed E-state index contributed by atoms with van der Waals surface area (Å²) in [5.41, 5.74) is 0. The van der Waals surface area contributed by atoms with Crippen LogP contribution in [0.2, 0.25) is 0 Å². The molecule has 0 spiro atoms. The highest BCUT2D eigenvalue weighted by molar-refractivity contribution is 6.27. The minimum absolute atomic E-state index is 0.0124. The molecule has 0 aromatic rings. The van der Waals surface area contributed by atoms with E-state index in [2.05, 4.69) is 6.92 Å². The van der Waals surface area contributed by atoms with Crippen LogP contribution in [0.4, 0.5) is 0 Å². The minimum atomic E-state index is 0.0124. The molecule has 0 aromatic heterocycles. The van der Waals surface area contributed by atoms with Crippen molar-refractivity contribution in [3.63, 3.8) is 0 Å². The van der Waals surface area contributed by atoms with E-state index in [1.54, 1.807) is 4.90 Å². The second-order valence-corrected chi connectivity index (χ2v) is 3.14. The quantitative estimate of drug-likeness (QED) is 0.606. The van der Waals surface area contributed by atoms with E-state index in [9.17, 15) is 4.79 Å². The summed E-state index contributed by atoms with van der Waals surface area (Å²) in [6.45, 7) is 4.07. The van der Waals surface area contributed by atoms with Gasteiger partial charge in [-0.3, -0.25) is 4.79 Å². The number of carbonyl (C=O) groups excluding carboxylic acids is 1. The van der Waals surface area contributed by atoms with Crippen molar-refractivity contribution in [2.75, 3.05) is 25.6 Å². The van der Waals surface area contributed by atoms with Crippen LogP contribution in [0.25, 0.3) is 0 Å². The molecule has 4 heteroatoms. The van der Waals surface area contributed by atoms with E-state index in [-0.39, 0.29) is 17.9 Å². The van der Waals surface area contributed by atoms with Gasteiger partial charge in [0, 0.05) is 13.1 Å². The van der Waals surface area contributed by atoms with E-state index >= 15 is 0 Å². The van der Waals surface area contributed by atoms with Crippen LogP contribution < -0.4 is 0 Å². The number of alkyl halides is 1. The van der Waals surface area contributed by atoms with Gasteiger partial charge in [0.15, 0.2) is 0 Å². The van der Waals surface area contributed by atoms with Crippen LogP contribution in [-0.2, 0) is 9.53 Å². The van der Waals surface area contributed by atoms with Crippen LogP contribution in [-0.4, -0.2) is 42.5 Å². The number of amides is 1. The Hall–Kier alpha value is -0.280. The van der Waals surface area contributed by atoms with E-state index < -0.39 is 0 Å². The fourth-order valence-corrected chi connectivity index (χ4v) is 1.45. The second kappa shape index (κ2) is 4.67. The molecule has 1 aliphatic rings. The van der Waals surface area contributed by atoms with Crippen LogP contribution in [0.15, 0.2) is 0 Å². The number of halogens is 1. The Labute approximate surface area is 77.6 Å². The zero-order valence-electron chi connectivity index (χ0n) is 7.25. The number of carbonyl (C=O) groups is 1. The smallest absolute Gasteiger partial charge is 0.237 e. The average molecular weight is 192 g/mol. The zero-order chi connectivity index (χ0) is 8.97. The largest absolute Gasteiger partial charge is 0.375 e. The van der Waals surface area contributed by atoms with Crippen LogP contribution in [0.1, 0.15) is 13.3 Å². The van der Waals surface area contributed by atoms with E-state index in [4.69, 9.17) is 16.3 Å². The number of hydrogen-bond acceptors (Lipinski definition) is 2. The summed E-state index contributed by atoms with van der Waals surface area (Å²) in [6, 6.07) is 0. The lowest BCUT2D eigenvalue weighted by Gasteiger charge is -2.32. The van der Waals surface area contributed by atoms with E-state index in [0.29, 0.717) is 19.7 Å². The minimum Gasteiger partial charge on any atom is -0.375 e. The summed E-state index contributed by atoms with van der Waals surface area (Å²) in [5, 5.41) is 0. The highest BCUT2D eigenvalue weighted by atomic mass is 35.5. The molecule has 1 amide bonds. The van der Waals surface area contributed by atoms with Crippen molar-refractivity contribution in [2.45, 2.75) is 19.4 Å². The highest BCUT2D eigenvalue weighted by Gasteiger charge is 2.21. The predicted octanol–water partition coefficient (Wildman–Crippen LogP) is 0.863. The third kappa shape index (κ3) is 2.35. The Morgan fingerprint density at radius 2 is 2.50 bits per heavy atom. The molecular weight excluding hydrogens is 178 g/mol. The van der Waals surface area contributed by atoms with Crippen LogP contribution >= 0.6 is 11.6 Å². The summed E-state index contributed by atoms with van der Waals surface area (Å²) < 4.78 is 5.42. The molecular formula is C8H14ClNO2. The van der Waals surface area contributed by atoms with Crippen molar-refractivity contribution in [2.24, 2.45) is 0 Å². The molecule has 70 valence electrons. The Balaban J connectivity index is 2.40. The first-order valence-corrected chi connectivity index (χ1v) is 4.76. The number of hydrogen-bond donors (Lipinski definition) is 0. The Morgan fingerprint density at radius 1 is 1.75 bits per heavy atom. The lowest BCUT2D eigenvalue weighted by atomic mass is 10.2. The van der Waals surface area contributed by atoms with Crippen molar-refractivity contribution >= 4 is 17.5 Å². The van der Waals surface area contributed by atoms with Gasteiger partial charge in [-0.05, 0) is 6.42 Å². The normalized spacial score (nSPS) is 24.2. The van der Waals surface area contributed by atoms with Crippen LogP contribution in [0.5, 0.6) is 0 Å². The van der Waals surface area contributed by atoms with Gasteiger partial charge in [-0.2, -0.15) is 0 Å². The molecule has 0 aliphatic carbocycles. The maximum Gasteiger partial charge on any atom is 0.237 e. The molecule has 1 aliphatic heterocycles. The zero-order valence-corrected chi connectivity index (χ0v) is 8.01. The molecule has 0 bridgehead atoms. The van der Waals surface area contributed by atoms with Gasteiger partial charge in [0.1, 0.15) is 5.88 Å². The first-order chi connectivity index (χ1) is 5.77. The third-order valence-electron chi connectivity index (χ3n) is 2.06. The molecule has 0 radical (unpaired) electrons. The van der Waals surface area contributed by atoms with Crippen LogP contribution in [0, 0.1) is 0 Å². The molecule has 1 heterocycles. The molecule has 0 saturated carbocycles. The lowest BCUT2D eigenvalue weighted by Crippen LogP contribution is -2.45. The fraction of sp³-hybridized carbons (Fsp3) is 0.875. The molecule has 3 nitrogen and oxygen atoms in total. The molecule has 0 N–H and O–H groups in total. The molecule has 1 saturated heterocycles. The highest BCUT2D eigenvalue weighted by Crippen LogP contribution is 2.08. The van der Waals surface area contributed by atoms with E-state index in [1.807, 2.05) is 0 Å². The van der Waals surface area contributed by atoms with Gasteiger partial charge in [-0.25, -0.2) is 0 Å². The molecule has 0 unspecified atom stereocenters. The summed E-state index contributed by atoms with van der Waals surface area (Å²) in [5.74, 6) is 0.0922. The van der Waals surface area contributed by atoms with Gasteiger partial charge in [0.05, 0.1) is 12.7 Å². The van der Waals surface area contributed by atoms with Gasteiger partial charge in [0.2, 0.25) is 5.91 Å². The summed E-state index contributed by atoms with van der Waals surface area (Å²) in [4.78, 5) is 12.9. The van der Waals surface area contributed by atoms with Crippen molar-refractivity contribution in [3.8, 4) is 0 Å². The lowest BCUT2D eigenvalue weighted by molar-refractivity contribution is -0.136. The topological polar surface area (TPSA) is 29.5 Å². The van der Waals surface area contributed by atoms with Gasteiger partial charge in [0.25, 0.3) is 0 Å². The van der Waals surface area contributed by atoms with Crippen molar-refractivity contribution in [1.29, 1.82) is 0 Å². The van der Waals surface area contributed by atoms with Gasteiger partial charge >= 0.3 is 0 Å². The average Bonchev–Trinajstić information content (AvgIpc) is 2.17. The predicted molar refractivity (Wildman–Crippen MR) is 47.3 cm³/mol. The monoisotopic (exact) mass is 191 g/mol. The van der Waals surface area contributed by atoms with E-state index in [0.717, 1.165) is 6.42 Å². The molecule has 1 atom stereocenters. The second-order valence-electron chi connectivity index (χ2n) is 2.87. The maximum absolute atomic E-state index is 11.2. The molecule has 12 heavy (non-hydrogen) atoms. The standard InChI is InChI=1S/C8H14ClNO2/c1-2-7-6-10(3-4-12-7)8(11)5-9/h7H,2-6H2,1H3/t7-/m0/s1. The third-order valence-corrected chi connectivity index (χ3v) is 2.29. The van der Waals surface area contributed by atoms with Crippen molar-refractivity contribution in [3.05, 3.63) is 0 Å². The van der Waals surface area contributed by atoms with Gasteiger partial charge in [-0.1, -0.05) is 6.92 Å². The maximum atomic E-state index is 11.2. The number of nitrogens with zero attached hydrogens (tertiary/aromatic N) is 1. The molecule has 1 rings (SSSR count). The summed E-state index contributed by atoms with van der Waals surface area (Å²) >= 11 is 5.44. The van der Waals surface area contributed by atoms with Gasteiger partial charge in [-0.15, -0.1) is 11.6 Å². The van der Waals surface area contributed by atoms with Crippen molar-refractivity contribution < 1.29 is 9.53 Å². The molecule has 0 aromatic carbocycles. The number of ether oxygens (including phenoxy) is 1. The summed E-state index contributed by atoms with van der Waals surface area (Å²) in [7, 11) is 0. The van der Waals surface area contributed by atoms with Crippen molar-refractivity contribution in [1.82, 2.24) is 4.90 Å². The molecule has 1 fully saturated rings. The fourth-order valence-electron chi connectivity index (χ4n) is 1.28. The Bertz CT molecular complexity index is 163.